The summed E-state index contributed by atoms with van der Waals surface area (Å²) in [6.07, 6.45) is 0.708. The zero-order chi connectivity index (χ0) is 15.0. The lowest BCUT2D eigenvalue weighted by atomic mass is 10.1. The number of carbonyl (C=O) groups is 1. The molecule has 2 heterocycles. The molecule has 0 radical (unpaired) electrons. The fourth-order valence-electron chi connectivity index (χ4n) is 2.56. The topological polar surface area (TPSA) is 72.9 Å². The minimum Gasteiger partial charge on any atom is -0.364 e. The van der Waals surface area contributed by atoms with Gasteiger partial charge in [0, 0.05) is 30.8 Å². The van der Waals surface area contributed by atoms with Gasteiger partial charge in [-0.3, -0.25) is 9.48 Å². The number of nitrogens with one attached hydrogen (secondary N) is 1. The largest absolute Gasteiger partial charge is 0.364 e. The second-order valence-electron chi connectivity index (χ2n) is 4.97. The van der Waals surface area contributed by atoms with Gasteiger partial charge in [-0.1, -0.05) is 6.07 Å². The highest BCUT2D eigenvalue weighted by Gasteiger charge is 2.23. The highest BCUT2D eigenvalue weighted by molar-refractivity contribution is 5.92. The second kappa shape index (κ2) is 5.25. The summed E-state index contributed by atoms with van der Waals surface area (Å²) in [6, 6.07) is 3.71. The third kappa shape index (κ3) is 2.52. The molecule has 7 heteroatoms. The number of amides is 1. The summed E-state index contributed by atoms with van der Waals surface area (Å²) >= 11 is 0. The van der Waals surface area contributed by atoms with E-state index in [2.05, 4.69) is 10.4 Å². The third-order valence-corrected chi connectivity index (χ3v) is 3.56. The molecule has 21 heavy (non-hydrogen) atoms. The molecule has 2 aromatic rings. The molecule has 5 nitrogen and oxygen atoms in total. The monoisotopic (exact) mass is 292 g/mol. The normalized spacial score (nSPS) is 14.0. The van der Waals surface area contributed by atoms with Gasteiger partial charge in [0.2, 0.25) is 0 Å². The Bertz CT molecular complexity index is 711. The predicted octanol–water partition coefficient (Wildman–Crippen LogP) is 0.954. The third-order valence-electron chi connectivity index (χ3n) is 3.56. The molecule has 3 N–H and O–H groups in total. The molecule has 0 aliphatic carbocycles. The molecule has 1 amide bonds. The molecular weight excluding hydrogens is 278 g/mol. The van der Waals surface area contributed by atoms with Crippen LogP contribution in [-0.2, 0) is 19.5 Å². The highest BCUT2D eigenvalue weighted by Crippen LogP contribution is 2.20. The van der Waals surface area contributed by atoms with Crippen LogP contribution >= 0.6 is 0 Å². The van der Waals surface area contributed by atoms with Gasteiger partial charge in [0.05, 0.1) is 6.54 Å². The van der Waals surface area contributed by atoms with Gasteiger partial charge in [-0.25, -0.2) is 8.78 Å². The van der Waals surface area contributed by atoms with Gasteiger partial charge >= 0.3 is 0 Å². The van der Waals surface area contributed by atoms with Crippen LogP contribution in [0, 0.1) is 11.6 Å². The minimum atomic E-state index is -0.898. The van der Waals surface area contributed by atoms with E-state index in [1.54, 1.807) is 4.68 Å². The van der Waals surface area contributed by atoms with Gasteiger partial charge in [0.25, 0.3) is 5.91 Å². The first-order chi connectivity index (χ1) is 10.1. The van der Waals surface area contributed by atoms with E-state index in [1.165, 1.54) is 6.07 Å². The molecule has 1 aliphatic rings. The molecule has 0 saturated heterocycles. The summed E-state index contributed by atoms with van der Waals surface area (Å²) in [5, 5.41) is 7.38. The average Bonchev–Trinajstić information content (AvgIpc) is 2.82. The van der Waals surface area contributed by atoms with E-state index < -0.39 is 17.5 Å². The number of fused-ring (bicyclic) bond motifs is 1. The number of hydrogen-bond donors (Lipinski definition) is 2. The van der Waals surface area contributed by atoms with E-state index in [0.29, 0.717) is 18.5 Å². The first-order valence-electron chi connectivity index (χ1n) is 6.59. The maximum Gasteiger partial charge on any atom is 0.269 e. The van der Waals surface area contributed by atoms with Crippen molar-refractivity contribution in [3.05, 3.63) is 52.3 Å². The molecule has 0 fully saturated rings. The number of benzene rings is 1. The van der Waals surface area contributed by atoms with Crippen LogP contribution in [0.25, 0.3) is 0 Å². The van der Waals surface area contributed by atoms with Crippen molar-refractivity contribution in [3.63, 3.8) is 0 Å². The quantitative estimate of drug-likeness (QED) is 0.885. The van der Waals surface area contributed by atoms with Crippen molar-refractivity contribution in [3.8, 4) is 0 Å². The Balaban J connectivity index is 1.98. The van der Waals surface area contributed by atoms with Crippen LogP contribution in [0.5, 0.6) is 0 Å². The van der Waals surface area contributed by atoms with Crippen LogP contribution in [0.15, 0.2) is 18.2 Å². The lowest BCUT2D eigenvalue weighted by Gasteiger charge is -2.15. The van der Waals surface area contributed by atoms with Crippen molar-refractivity contribution in [2.45, 2.75) is 19.5 Å². The van der Waals surface area contributed by atoms with Gasteiger partial charge in [0.1, 0.15) is 0 Å². The number of nitrogens with two attached hydrogens (primary N) is 1. The summed E-state index contributed by atoms with van der Waals surface area (Å²) in [7, 11) is 0. The zero-order valence-electron chi connectivity index (χ0n) is 11.2. The fraction of sp³-hybridized carbons (Fsp3) is 0.286. The minimum absolute atomic E-state index is 0.236. The van der Waals surface area contributed by atoms with Gasteiger partial charge in [-0.2, -0.15) is 5.10 Å². The first kappa shape index (κ1) is 13.7. The van der Waals surface area contributed by atoms with Gasteiger partial charge in [-0.05, 0) is 17.7 Å². The maximum absolute atomic E-state index is 13.3. The zero-order valence-corrected chi connectivity index (χ0v) is 11.2. The van der Waals surface area contributed by atoms with Crippen LogP contribution in [0.2, 0.25) is 0 Å². The van der Waals surface area contributed by atoms with Crippen molar-refractivity contribution in [2.75, 3.05) is 6.54 Å². The number of aromatic nitrogens is 2. The SMILES string of the molecule is NC(=O)c1nn(Cc2ccc(F)c(F)c2)c2c1CNCC2. The lowest BCUT2D eigenvalue weighted by molar-refractivity contribution is 0.0993. The molecule has 0 atom stereocenters. The van der Waals surface area contributed by atoms with Gasteiger partial charge in [0.15, 0.2) is 17.3 Å². The smallest absolute Gasteiger partial charge is 0.269 e. The van der Waals surface area contributed by atoms with Crippen molar-refractivity contribution in [2.24, 2.45) is 5.73 Å². The van der Waals surface area contributed by atoms with E-state index in [1.807, 2.05) is 0 Å². The van der Waals surface area contributed by atoms with Crippen molar-refractivity contribution in [1.29, 1.82) is 0 Å². The Morgan fingerprint density at radius 3 is 2.90 bits per heavy atom. The summed E-state index contributed by atoms with van der Waals surface area (Å²) in [4.78, 5) is 11.4. The predicted molar refractivity (Wildman–Crippen MR) is 71.6 cm³/mol. The molecule has 0 bridgehead atoms. The first-order valence-corrected chi connectivity index (χ1v) is 6.59. The lowest BCUT2D eigenvalue weighted by Crippen LogP contribution is -2.26. The molecule has 1 aliphatic heterocycles. The molecule has 1 aromatic carbocycles. The number of carbonyl (C=O) groups excluding carboxylic acids is 1. The Morgan fingerprint density at radius 2 is 2.19 bits per heavy atom. The van der Waals surface area contributed by atoms with Crippen LogP contribution in [-0.4, -0.2) is 22.2 Å². The Kier molecular flexibility index (Phi) is 3.42. The number of rotatable bonds is 3. The second-order valence-corrected chi connectivity index (χ2v) is 4.97. The van der Waals surface area contributed by atoms with E-state index >= 15 is 0 Å². The van der Waals surface area contributed by atoms with Gasteiger partial charge in [-0.15, -0.1) is 0 Å². The number of halogens is 2. The van der Waals surface area contributed by atoms with Crippen molar-refractivity contribution >= 4 is 5.91 Å². The Hall–Kier alpha value is -2.28. The van der Waals surface area contributed by atoms with Crippen LogP contribution in [0.1, 0.15) is 27.3 Å². The van der Waals surface area contributed by atoms with Crippen molar-refractivity contribution in [1.82, 2.24) is 15.1 Å². The molecular formula is C14H14F2N4O. The number of hydrogen-bond acceptors (Lipinski definition) is 3. The highest BCUT2D eigenvalue weighted by atomic mass is 19.2. The summed E-state index contributed by atoms with van der Waals surface area (Å²) < 4.78 is 27.9. The maximum atomic E-state index is 13.3. The van der Waals surface area contributed by atoms with E-state index in [-0.39, 0.29) is 12.2 Å². The average molecular weight is 292 g/mol. The fourth-order valence-corrected chi connectivity index (χ4v) is 2.56. The Labute approximate surface area is 119 Å². The molecule has 110 valence electrons. The molecule has 0 spiro atoms. The summed E-state index contributed by atoms with van der Waals surface area (Å²) in [5.74, 6) is -2.37. The number of nitrogens with zero attached hydrogens (tertiary/aromatic N) is 2. The number of primary amides is 1. The standard InChI is InChI=1S/C14H14F2N4O/c15-10-2-1-8(5-11(10)16)7-20-12-3-4-18-6-9(12)13(19-20)14(17)21/h1-2,5,18H,3-4,6-7H2,(H2,17,21). The van der Waals surface area contributed by atoms with E-state index in [4.69, 9.17) is 5.73 Å². The van der Waals surface area contributed by atoms with Crippen LogP contribution in [0.3, 0.4) is 0 Å². The summed E-state index contributed by atoms with van der Waals surface area (Å²) in [5.41, 5.74) is 7.85. The van der Waals surface area contributed by atoms with Crippen LogP contribution < -0.4 is 11.1 Å². The molecule has 0 saturated carbocycles. The Morgan fingerprint density at radius 1 is 1.38 bits per heavy atom. The van der Waals surface area contributed by atoms with Crippen molar-refractivity contribution < 1.29 is 13.6 Å². The van der Waals surface area contributed by atoms with Crippen LogP contribution in [0.4, 0.5) is 8.78 Å². The van der Waals surface area contributed by atoms with E-state index in [9.17, 15) is 13.6 Å². The molecule has 0 unspecified atom stereocenters. The molecule has 3 rings (SSSR count). The van der Waals surface area contributed by atoms with E-state index in [0.717, 1.165) is 29.9 Å². The molecule has 1 aromatic heterocycles. The summed E-state index contributed by atoms with van der Waals surface area (Å²) in [6.45, 7) is 1.58. The van der Waals surface area contributed by atoms with Gasteiger partial charge < -0.3 is 11.1 Å².